The van der Waals surface area contributed by atoms with E-state index in [0.29, 0.717) is 17.7 Å². The second kappa shape index (κ2) is 6.00. The fourth-order valence-electron chi connectivity index (χ4n) is 1.68. The Kier molecular flexibility index (Phi) is 4.35. The van der Waals surface area contributed by atoms with Crippen molar-refractivity contribution >= 4 is 33.2 Å². The highest BCUT2D eigenvalue weighted by molar-refractivity contribution is 9.11. The second-order valence-electron chi connectivity index (χ2n) is 4.11. The quantitative estimate of drug-likeness (QED) is 0.859. The lowest BCUT2D eigenvalue weighted by molar-refractivity contribution is 0.0785. The van der Waals surface area contributed by atoms with Crippen molar-refractivity contribution in [3.8, 4) is 6.07 Å². The van der Waals surface area contributed by atoms with Gasteiger partial charge in [0, 0.05) is 19.2 Å². The molecule has 0 spiro atoms. The number of hydrogen-bond donors (Lipinski definition) is 0. The van der Waals surface area contributed by atoms with Crippen LogP contribution in [0.25, 0.3) is 0 Å². The fraction of sp³-hybridized carbons (Fsp3) is 0.143. The largest absolute Gasteiger partial charge is 0.337 e. The van der Waals surface area contributed by atoms with E-state index in [1.165, 1.54) is 0 Å². The van der Waals surface area contributed by atoms with Gasteiger partial charge in [-0.05, 0) is 57.2 Å². The van der Waals surface area contributed by atoms with E-state index in [2.05, 4.69) is 15.9 Å². The van der Waals surface area contributed by atoms with E-state index in [9.17, 15) is 4.79 Å². The van der Waals surface area contributed by atoms with Gasteiger partial charge in [0.15, 0.2) is 0 Å². The standard InChI is InChI=1S/C14H11BrN2OS/c1-17(8-11-6-13(15)19-9-11)14(18)12-4-2-10(7-16)3-5-12/h2-6,9H,8H2,1H3. The maximum absolute atomic E-state index is 12.2. The van der Waals surface area contributed by atoms with Gasteiger partial charge in [-0.15, -0.1) is 11.3 Å². The van der Waals surface area contributed by atoms with E-state index in [1.807, 2.05) is 17.5 Å². The van der Waals surface area contributed by atoms with E-state index in [1.54, 1.807) is 47.5 Å². The van der Waals surface area contributed by atoms with Crippen LogP contribution < -0.4 is 0 Å². The molecule has 2 rings (SSSR count). The van der Waals surface area contributed by atoms with Gasteiger partial charge in [0.2, 0.25) is 0 Å². The molecule has 19 heavy (non-hydrogen) atoms. The average molecular weight is 335 g/mol. The molecule has 1 aromatic carbocycles. The maximum Gasteiger partial charge on any atom is 0.253 e. The highest BCUT2D eigenvalue weighted by atomic mass is 79.9. The maximum atomic E-state index is 12.2. The molecular formula is C14H11BrN2OS. The Morgan fingerprint density at radius 1 is 1.42 bits per heavy atom. The summed E-state index contributed by atoms with van der Waals surface area (Å²) in [7, 11) is 1.77. The summed E-state index contributed by atoms with van der Waals surface area (Å²) in [4.78, 5) is 13.9. The van der Waals surface area contributed by atoms with E-state index in [0.717, 1.165) is 9.35 Å². The molecule has 5 heteroatoms. The molecule has 96 valence electrons. The molecule has 0 aliphatic carbocycles. The predicted molar refractivity (Wildman–Crippen MR) is 79.0 cm³/mol. The molecule has 0 aliphatic heterocycles. The van der Waals surface area contributed by atoms with Crippen molar-refractivity contribution < 1.29 is 4.79 Å². The van der Waals surface area contributed by atoms with Crippen LogP contribution in [-0.2, 0) is 6.54 Å². The van der Waals surface area contributed by atoms with Gasteiger partial charge in [0.1, 0.15) is 0 Å². The molecule has 0 radical (unpaired) electrons. The fourth-order valence-corrected chi connectivity index (χ4v) is 2.88. The number of rotatable bonds is 3. The predicted octanol–water partition coefficient (Wildman–Crippen LogP) is 3.65. The van der Waals surface area contributed by atoms with Gasteiger partial charge < -0.3 is 4.90 Å². The van der Waals surface area contributed by atoms with Crippen LogP contribution in [0.1, 0.15) is 21.5 Å². The lowest BCUT2D eigenvalue weighted by Gasteiger charge is -2.16. The molecule has 1 aromatic heterocycles. The molecule has 1 amide bonds. The summed E-state index contributed by atoms with van der Waals surface area (Å²) in [6.07, 6.45) is 0. The number of carbonyl (C=O) groups is 1. The highest BCUT2D eigenvalue weighted by Crippen LogP contribution is 2.21. The molecule has 0 N–H and O–H groups in total. The van der Waals surface area contributed by atoms with Crippen LogP contribution in [0.4, 0.5) is 0 Å². The van der Waals surface area contributed by atoms with E-state index in [-0.39, 0.29) is 5.91 Å². The SMILES string of the molecule is CN(Cc1csc(Br)c1)C(=O)c1ccc(C#N)cc1. The van der Waals surface area contributed by atoms with Crippen LogP contribution >= 0.6 is 27.3 Å². The number of nitriles is 1. The van der Waals surface area contributed by atoms with Gasteiger partial charge in [-0.2, -0.15) is 5.26 Å². The lowest BCUT2D eigenvalue weighted by Crippen LogP contribution is -2.25. The summed E-state index contributed by atoms with van der Waals surface area (Å²) in [5.74, 6) is -0.0492. The summed E-state index contributed by atoms with van der Waals surface area (Å²) >= 11 is 5.01. The number of halogens is 1. The summed E-state index contributed by atoms with van der Waals surface area (Å²) in [5.41, 5.74) is 2.25. The zero-order valence-corrected chi connectivity index (χ0v) is 12.7. The van der Waals surface area contributed by atoms with Gasteiger partial charge in [0.25, 0.3) is 5.91 Å². The van der Waals surface area contributed by atoms with Crippen molar-refractivity contribution in [3.05, 3.63) is 56.2 Å². The molecule has 0 saturated heterocycles. The topological polar surface area (TPSA) is 44.1 Å². The molecule has 0 bridgehead atoms. The first-order valence-electron chi connectivity index (χ1n) is 5.58. The van der Waals surface area contributed by atoms with Gasteiger partial charge in [-0.3, -0.25) is 4.79 Å². The second-order valence-corrected chi connectivity index (χ2v) is 6.40. The van der Waals surface area contributed by atoms with Crippen molar-refractivity contribution in [2.45, 2.75) is 6.54 Å². The van der Waals surface area contributed by atoms with E-state index >= 15 is 0 Å². The minimum absolute atomic E-state index is 0.0492. The lowest BCUT2D eigenvalue weighted by atomic mass is 10.1. The third kappa shape index (κ3) is 3.43. The first-order valence-corrected chi connectivity index (χ1v) is 7.26. The first-order chi connectivity index (χ1) is 9.10. The molecule has 0 aliphatic rings. The number of carbonyl (C=O) groups excluding carboxylic acids is 1. The van der Waals surface area contributed by atoms with E-state index < -0.39 is 0 Å². The minimum atomic E-state index is -0.0492. The third-order valence-corrected chi connectivity index (χ3v) is 4.20. The van der Waals surface area contributed by atoms with Crippen LogP contribution in [0.2, 0.25) is 0 Å². The molecule has 0 fully saturated rings. The molecule has 0 unspecified atom stereocenters. The Balaban J connectivity index is 2.08. The monoisotopic (exact) mass is 334 g/mol. The van der Waals surface area contributed by atoms with Crippen LogP contribution in [-0.4, -0.2) is 17.9 Å². The van der Waals surface area contributed by atoms with Crippen molar-refractivity contribution in [3.63, 3.8) is 0 Å². The minimum Gasteiger partial charge on any atom is -0.337 e. The van der Waals surface area contributed by atoms with Crippen LogP contribution in [0.15, 0.2) is 39.5 Å². The molecule has 2 aromatic rings. The van der Waals surface area contributed by atoms with Crippen molar-refractivity contribution in [1.82, 2.24) is 4.90 Å². The normalized spacial score (nSPS) is 9.95. The average Bonchev–Trinajstić information content (AvgIpc) is 2.83. The van der Waals surface area contributed by atoms with Crippen molar-refractivity contribution in [2.75, 3.05) is 7.05 Å². The smallest absolute Gasteiger partial charge is 0.253 e. The molecule has 0 atom stereocenters. The summed E-state index contributed by atoms with van der Waals surface area (Å²) in [6, 6.07) is 10.7. The van der Waals surface area contributed by atoms with Gasteiger partial charge >= 0.3 is 0 Å². The summed E-state index contributed by atoms with van der Waals surface area (Å²) in [5, 5.41) is 10.7. The zero-order valence-electron chi connectivity index (χ0n) is 10.3. The number of benzene rings is 1. The Morgan fingerprint density at radius 2 is 2.11 bits per heavy atom. The zero-order chi connectivity index (χ0) is 13.8. The van der Waals surface area contributed by atoms with Crippen LogP contribution in [0, 0.1) is 11.3 Å². The number of thiophene rings is 1. The van der Waals surface area contributed by atoms with Gasteiger partial charge in [-0.1, -0.05) is 0 Å². The van der Waals surface area contributed by atoms with Gasteiger partial charge in [-0.25, -0.2) is 0 Å². The van der Waals surface area contributed by atoms with E-state index in [4.69, 9.17) is 5.26 Å². The molecule has 1 heterocycles. The number of hydrogen-bond acceptors (Lipinski definition) is 3. The Bertz CT molecular complexity index is 628. The van der Waals surface area contributed by atoms with Crippen molar-refractivity contribution in [2.24, 2.45) is 0 Å². The van der Waals surface area contributed by atoms with Crippen LogP contribution in [0.3, 0.4) is 0 Å². The Hall–Kier alpha value is -1.64. The Labute approximate surface area is 124 Å². The van der Waals surface area contributed by atoms with Crippen molar-refractivity contribution in [1.29, 1.82) is 5.26 Å². The van der Waals surface area contributed by atoms with Crippen LogP contribution in [0.5, 0.6) is 0 Å². The summed E-state index contributed by atoms with van der Waals surface area (Å²) in [6.45, 7) is 0.570. The first kappa shape index (κ1) is 13.8. The molecular weight excluding hydrogens is 324 g/mol. The third-order valence-electron chi connectivity index (χ3n) is 2.65. The number of amides is 1. The summed E-state index contributed by atoms with van der Waals surface area (Å²) < 4.78 is 1.06. The Morgan fingerprint density at radius 3 is 2.63 bits per heavy atom. The molecule has 0 saturated carbocycles. The van der Waals surface area contributed by atoms with Gasteiger partial charge in [0.05, 0.1) is 15.4 Å². The molecule has 3 nitrogen and oxygen atoms in total. The number of nitrogens with zero attached hydrogens (tertiary/aromatic N) is 2. The highest BCUT2D eigenvalue weighted by Gasteiger charge is 2.12.